The van der Waals surface area contributed by atoms with Gasteiger partial charge in [-0.25, -0.2) is 9.50 Å². The van der Waals surface area contributed by atoms with E-state index in [1.54, 1.807) is 13.0 Å². The molecule has 0 aliphatic carbocycles. The summed E-state index contributed by atoms with van der Waals surface area (Å²) in [6.45, 7) is 6.34. The minimum absolute atomic E-state index is 0.00425. The van der Waals surface area contributed by atoms with E-state index in [9.17, 15) is 13.2 Å². The van der Waals surface area contributed by atoms with Gasteiger partial charge >= 0.3 is 6.18 Å². The highest BCUT2D eigenvalue weighted by molar-refractivity contribution is 5.48. The van der Waals surface area contributed by atoms with Gasteiger partial charge in [0.1, 0.15) is 5.69 Å². The van der Waals surface area contributed by atoms with Crippen molar-refractivity contribution in [1.29, 1.82) is 0 Å². The van der Waals surface area contributed by atoms with Crippen LogP contribution < -0.4 is 9.47 Å². The number of benzene rings is 1. The summed E-state index contributed by atoms with van der Waals surface area (Å²) in [5, 5.41) is 3.96. The number of nitrogens with zero attached hydrogens (tertiary/aromatic N) is 4. The molecule has 0 N–H and O–H groups in total. The third-order valence-corrected chi connectivity index (χ3v) is 6.09. The molecule has 0 amide bonds. The molecule has 2 aliphatic rings. The molecule has 0 bridgehead atoms. The fourth-order valence-corrected chi connectivity index (χ4v) is 4.40. The number of halogens is 3. The molecule has 4 heterocycles. The Labute approximate surface area is 177 Å². The number of rotatable bonds is 3. The van der Waals surface area contributed by atoms with Crippen LogP contribution in [0, 0.1) is 13.8 Å². The Morgan fingerprint density at radius 2 is 1.74 bits per heavy atom. The number of aryl methyl sites for hydroxylation is 2. The van der Waals surface area contributed by atoms with Crippen LogP contribution in [0.15, 0.2) is 24.3 Å². The van der Waals surface area contributed by atoms with E-state index in [-0.39, 0.29) is 18.4 Å². The zero-order valence-electron chi connectivity index (χ0n) is 17.4. The van der Waals surface area contributed by atoms with Crippen LogP contribution in [0.2, 0.25) is 0 Å². The number of fused-ring (bicyclic) bond motifs is 2. The van der Waals surface area contributed by atoms with Gasteiger partial charge < -0.3 is 9.47 Å². The Hall–Kier alpha value is -2.81. The van der Waals surface area contributed by atoms with E-state index in [0.29, 0.717) is 11.4 Å². The van der Waals surface area contributed by atoms with Crippen molar-refractivity contribution in [3.05, 3.63) is 52.5 Å². The van der Waals surface area contributed by atoms with Gasteiger partial charge in [-0.1, -0.05) is 0 Å². The number of hydrogen-bond acceptors (Lipinski definition) is 5. The van der Waals surface area contributed by atoms with E-state index in [1.807, 2.05) is 12.1 Å². The van der Waals surface area contributed by atoms with E-state index in [4.69, 9.17) is 9.47 Å². The molecule has 1 aromatic carbocycles. The number of alkyl halides is 3. The Morgan fingerprint density at radius 1 is 1.03 bits per heavy atom. The molecule has 9 heteroatoms. The number of piperidine rings is 1. The third kappa shape index (κ3) is 3.82. The lowest BCUT2D eigenvalue weighted by Gasteiger charge is -2.32. The zero-order chi connectivity index (χ0) is 21.8. The molecular formula is C22H23F3N4O2. The van der Waals surface area contributed by atoms with Crippen molar-refractivity contribution >= 4 is 5.65 Å². The van der Waals surface area contributed by atoms with Crippen LogP contribution in [0.4, 0.5) is 13.2 Å². The molecule has 31 heavy (non-hydrogen) atoms. The highest BCUT2D eigenvalue weighted by atomic mass is 19.4. The quantitative estimate of drug-likeness (QED) is 0.611. The summed E-state index contributed by atoms with van der Waals surface area (Å²) in [7, 11) is 0. The van der Waals surface area contributed by atoms with E-state index in [2.05, 4.69) is 21.9 Å². The van der Waals surface area contributed by atoms with E-state index < -0.39 is 11.9 Å². The van der Waals surface area contributed by atoms with Crippen molar-refractivity contribution in [3.8, 4) is 11.5 Å². The maximum Gasteiger partial charge on any atom is 0.433 e. The normalized spacial score (nSPS) is 17.6. The zero-order valence-corrected chi connectivity index (χ0v) is 17.4. The molecule has 0 spiro atoms. The summed E-state index contributed by atoms with van der Waals surface area (Å²) in [5.74, 6) is 1.54. The van der Waals surface area contributed by atoms with Gasteiger partial charge in [-0.3, -0.25) is 4.90 Å². The molecule has 164 valence electrons. The lowest BCUT2D eigenvalue weighted by atomic mass is 9.92. The number of aromatic nitrogens is 3. The summed E-state index contributed by atoms with van der Waals surface area (Å²) in [6, 6.07) is 6.78. The van der Waals surface area contributed by atoms with Crippen LogP contribution in [0.5, 0.6) is 11.5 Å². The second-order valence-corrected chi connectivity index (χ2v) is 8.30. The van der Waals surface area contributed by atoms with E-state index in [1.165, 1.54) is 11.6 Å². The van der Waals surface area contributed by atoms with Crippen molar-refractivity contribution in [2.75, 3.05) is 19.9 Å². The van der Waals surface area contributed by atoms with Gasteiger partial charge in [0.15, 0.2) is 17.1 Å². The Morgan fingerprint density at radius 3 is 2.45 bits per heavy atom. The van der Waals surface area contributed by atoms with Gasteiger partial charge in [0.25, 0.3) is 0 Å². The molecule has 1 fully saturated rings. The van der Waals surface area contributed by atoms with Crippen molar-refractivity contribution in [2.45, 2.75) is 45.3 Å². The van der Waals surface area contributed by atoms with Gasteiger partial charge in [-0.15, -0.1) is 0 Å². The van der Waals surface area contributed by atoms with Crippen LogP contribution in [0.1, 0.15) is 47.0 Å². The molecule has 2 aromatic heterocycles. The van der Waals surface area contributed by atoms with Crippen molar-refractivity contribution < 1.29 is 22.6 Å². The first kappa shape index (κ1) is 20.1. The molecule has 3 aromatic rings. The fraction of sp³-hybridized carbons (Fsp3) is 0.455. The summed E-state index contributed by atoms with van der Waals surface area (Å²) in [5.41, 5.74) is 2.82. The third-order valence-electron chi connectivity index (χ3n) is 6.09. The van der Waals surface area contributed by atoms with Crippen LogP contribution in [-0.4, -0.2) is 39.4 Å². The Bertz CT molecular complexity index is 1130. The molecule has 0 saturated carbocycles. The van der Waals surface area contributed by atoms with Crippen molar-refractivity contribution in [3.63, 3.8) is 0 Å². The minimum Gasteiger partial charge on any atom is -0.454 e. The minimum atomic E-state index is -4.48. The maximum absolute atomic E-state index is 13.6. The predicted molar refractivity (Wildman–Crippen MR) is 107 cm³/mol. The molecule has 0 atom stereocenters. The Kier molecular flexibility index (Phi) is 4.80. The summed E-state index contributed by atoms with van der Waals surface area (Å²) < 4.78 is 52.6. The molecule has 1 saturated heterocycles. The topological polar surface area (TPSA) is 51.9 Å². The fourth-order valence-electron chi connectivity index (χ4n) is 4.40. The van der Waals surface area contributed by atoms with Gasteiger partial charge in [0.05, 0.1) is 5.69 Å². The summed E-state index contributed by atoms with van der Waals surface area (Å²) in [4.78, 5) is 6.83. The molecule has 5 rings (SSSR count). The van der Waals surface area contributed by atoms with Gasteiger partial charge in [0.2, 0.25) is 6.79 Å². The van der Waals surface area contributed by atoms with Gasteiger partial charge in [-0.2, -0.15) is 18.3 Å². The first-order valence-corrected chi connectivity index (χ1v) is 10.3. The maximum atomic E-state index is 13.6. The summed E-state index contributed by atoms with van der Waals surface area (Å²) in [6.07, 6.45) is -2.96. The monoisotopic (exact) mass is 432 g/mol. The molecule has 0 unspecified atom stereocenters. The van der Waals surface area contributed by atoms with Crippen LogP contribution in [0.25, 0.3) is 5.65 Å². The lowest BCUT2D eigenvalue weighted by molar-refractivity contribution is -0.142. The number of ether oxygens (including phenoxy) is 2. The van der Waals surface area contributed by atoms with Crippen LogP contribution >= 0.6 is 0 Å². The highest BCUT2D eigenvalue weighted by Crippen LogP contribution is 2.37. The largest absolute Gasteiger partial charge is 0.454 e. The van der Waals surface area contributed by atoms with E-state index in [0.717, 1.165) is 54.1 Å². The second-order valence-electron chi connectivity index (χ2n) is 8.30. The highest BCUT2D eigenvalue weighted by Gasteiger charge is 2.36. The van der Waals surface area contributed by atoms with Crippen molar-refractivity contribution in [2.24, 2.45) is 0 Å². The summed E-state index contributed by atoms with van der Waals surface area (Å²) >= 11 is 0. The molecule has 2 aliphatic heterocycles. The first-order valence-electron chi connectivity index (χ1n) is 10.3. The van der Waals surface area contributed by atoms with E-state index >= 15 is 0 Å². The molecular weight excluding hydrogens is 409 g/mol. The molecule has 6 nitrogen and oxygen atoms in total. The standard InChI is InChI=1S/C22H23F3N4O2/c1-13-7-18-19(31-12-30-18)9-16(13)11-28-5-3-15(4-6-28)17-10-20(22(23,24)25)29-21(26-17)8-14(2)27-29/h7-10,15H,3-6,11-12H2,1-2H3. The SMILES string of the molecule is Cc1cc2nc(C3CCN(Cc4cc5c(cc4C)OCO5)CC3)cc(C(F)(F)F)n2n1. The smallest absolute Gasteiger partial charge is 0.433 e. The lowest BCUT2D eigenvalue weighted by Crippen LogP contribution is -2.33. The number of hydrogen-bond donors (Lipinski definition) is 0. The first-order chi connectivity index (χ1) is 14.8. The predicted octanol–water partition coefficient (Wildman–Crippen LogP) is 4.47. The molecule has 0 radical (unpaired) electrons. The van der Waals surface area contributed by atoms with Crippen LogP contribution in [0.3, 0.4) is 0 Å². The van der Waals surface area contributed by atoms with Gasteiger partial charge in [-0.05, 0) is 69.1 Å². The second kappa shape index (κ2) is 7.40. The van der Waals surface area contributed by atoms with Crippen molar-refractivity contribution in [1.82, 2.24) is 19.5 Å². The van der Waals surface area contributed by atoms with Crippen LogP contribution in [-0.2, 0) is 12.7 Å². The average Bonchev–Trinajstić information content (AvgIpc) is 3.32. The Balaban J connectivity index is 1.32. The number of likely N-dealkylation sites (tertiary alicyclic amines) is 1. The van der Waals surface area contributed by atoms with Gasteiger partial charge in [0, 0.05) is 24.2 Å². The average molecular weight is 432 g/mol.